The first-order valence-electron chi connectivity index (χ1n) is 13.8. The summed E-state index contributed by atoms with van der Waals surface area (Å²) in [5, 5.41) is 11.1. The molecule has 0 aromatic heterocycles. The van der Waals surface area contributed by atoms with Gasteiger partial charge in [-0.25, -0.2) is 16.8 Å². The van der Waals surface area contributed by atoms with Gasteiger partial charge in [0.05, 0.1) is 22.3 Å². The Morgan fingerprint density at radius 3 is 2.24 bits per heavy atom. The van der Waals surface area contributed by atoms with Crippen LogP contribution in [-0.4, -0.2) is 52.0 Å². The van der Waals surface area contributed by atoms with Crippen molar-refractivity contribution in [2.24, 2.45) is 0 Å². The van der Waals surface area contributed by atoms with Crippen molar-refractivity contribution >= 4 is 37.4 Å². The number of aryl methyl sites for hydroxylation is 1. The molecule has 0 saturated heterocycles. The van der Waals surface area contributed by atoms with Crippen LogP contribution in [0, 0.1) is 6.92 Å². The standard InChI is InChI=1S/C31H33ClF3NO7S2/c1-19-9-12-22(13-10-19)45(41,42)36-28-23-8-6-5-7-20(23)15-25(28)43-27(37)17-30(38,31(33,34)35)18-29(2,3)24-14-11-21(32)16-26(24)44(4,39)40/h5-14,16,25,28,36,38H,15,17-18H2,1-4H3. The number of alkyl halides is 3. The van der Waals surface area contributed by atoms with Gasteiger partial charge in [0.2, 0.25) is 10.0 Å². The van der Waals surface area contributed by atoms with Gasteiger partial charge in [0.1, 0.15) is 6.10 Å². The molecule has 0 radical (unpaired) electrons. The summed E-state index contributed by atoms with van der Waals surface area (Å²) < 4.78 is 103. The summed E-state index contributed by atoms with van der Waals surface area (Å²) >= 11 is 5.96. The Bertz CT molecular complexity index is 1810. The Balaban J connectivity index is 1.61. The number of carbonyl (C=O) groups excluding carboxylic acids is 1. The average Bonchev–Trinajstić information content (AvgIpc) is 3.23. The molecule has 2 N–H and O–H groups in total. The molecule has 1 aliphatic carbocycles. The molecule has 3 atom stereocenters. The minimum atomic E-state index is -5.33. The molecule has 1 aliphatic rings. The Morgan fingerprint density at radius 2 is 1.64 bits per heavy atom. The number of hydrogen-bond donors (Lipinski definition) is 2. The van der Waals surface area contributed by atoms with Gasteiger partial charge in [-0.3, -0.25) is 4.79 Å². The molecule has 0 aliphatic heterocycles. The van der Waals surface area contributed by atoms with Crippen molar-refractivity contribution < 1.29 is 44.6 Å². The van der Waals surface area contributed by atoms with Gasteiger partial charge in [-0.05, 0) is 59.7 Å². The summed E-state index contributed by atoms with van der Waals surface area (Å²) in [5.74, 6) is -1.41. The maximum absolute atomic E-state index is 14.5. The number of benzene rings is 3. The normalized spacial score (nSPS) is 18.7. The second-order valence-corrected chi connectivity index (χ2v) is 16.2. The number of fused-ring (bicyclic) bond motifs is 1. The first-order valence-corrected chi connectivity index (χ1v) is 17.5. The lowest BCUT2D eigenvalue weighted by Gasteiger charge is -2.38. The van der Waals surface area contributed by atoms with Crippen molar-refractivity contribution in [2.45, 2.75) is 79.2 Å². The molecule has 0 spiro atoms. The van der Waals surface area contributed by atoms with E-state index in [1.165, 1.54) is 38.1 Å². The highest BCUT2D eigenvalue weighted by atomic mass is 35.5. The number of aliphatic hydroxyl groups is 1. The van der Waals surface area contributed by atoms with E-state index in [2.05, 4.69) is 4.72 Å². The zero-order valence-electron chi connectivity index (χ0n) is 24.9. The first-order chi connectivity index (χ1) is 20.6. The van der Waals surface area contributed by atoms with Gasteiger partial charge < -0.3 is 9.84 Å². The number of nitrogens with one attached hydrogen (secondary N) is 1. The molecule has 14 heteroatoms. The highest BCUT2D eigenvalue weighted by Gasteiger charge is 2.58. The van der Waals surface area contributed by atoms with Gasteiger partial charge in [0.25, 0.3) is 0 Å². The summed E-state index contributed by atoms with van der Waals surface area (Å²) in [6, 6.07) is 15.3. The summed E-state index contributed by atoms with van der Waals surface area (Å²) in [7, 11) is -8.07. The first kappa shape index (κ1) is 34.9. The molecule has 244 valence electrons. The molecule has 0 bridgehead atoms. The Hall–Kier alpha value is -2.97. The van der Waals surface area contributed by atoms with Crippen LogP contribution in [0.4, 0.5) is 13.2 Å². The Morgan fingerprint density at radius 1 is 1.02 bits per heavy atom. The van der Waals surface area contributed by atoms with E-state index in [1.807, 2.05) is 0 Å². The molecule has 0 fully saturated rings. The number of esters is 1. The van der Waals surface area contributed by atoms with Crippen LogP contribution < -0.4 is 4.72 Å². The van der Waals surface area contributed by atoms with Crippen LogP contribution in [0.25, 0.3) is 0 Å². The lowest BCUT2D eigenvalue weighted by molar-refractivity contribution is -0.270. The Kier molecular flexibility index (Phi) is 9.56. The van der Waals surface area contributed by atoms with E-state index in [1.54, 1.807) is 43.3 Å². The van der Waals surface area contributed by atoms with Crippen LogP contribution in [0.3, 0.4) is 0 Å². The van der Waals surface area contributed by atoms with Crippen LogP contribution >= 0.6 is 11.6 Å². The lowest BCUT2D eigenvalue weighted by atomic mass is 9.74. The number of sulfonamides is 1. The predicted molar refractivity (Wildman–Crippen MR) is 162 cm³/mol. The van der Waals surface area contributed by atoms with Gasteiger partial charge >= 0.3 is 12.1 Å². The zero-order valence-corrected chi connectivity index (χ0v) is 27.2. The average molecular weight is 688 g/mol. The van der Waals surface area contributed by atoms with Crippen LogP contribution in [0.1, 0.15) is 55.0 Å². The van der Waals surface area contributed by atoms with E-state index in [-0.39, 0.29) is 26.8 Å². The van der Waals surface area contributed by atoms with Crippen LogP contribution in [0.5, 0.6) is 0 Å². The fourth-order valence-corrected chi connectivity index (χ4v) is 8.23. The van der Waals surface area contributed by atoms with Crippen molar-refractivity contribution in [1.29, 1.82) is 0 Å². The molecule has 3 aromatic rings. The van der Waals surface area contributed by atoms with Crippen molar-refractivity contribution in [1.82, 2.24) is 4.72 Å². The van der Waals surface area contributed by atoms with Crippen LogP contribution in [-0.2, 0) is 41.2 Å². The van der Waals surface area contributed by atoms with Gasteiger partial charge in [-0.1, -0.05) is 73.5 Å². The third kappa shape index (κ3) is 7.71. The van der Waals surface area contributed by atoms with Gasteiger partial charge in [0, 0.05) is 17.7 Å². The fourth-order valence-electron chi connectivity index (χ4n) is 5.66. The van der Waals surface area contributed by atoms with E-state index in [0.29, 0.717) is 11.1 Å². The summed E-state index contributed by atoms with van der Waals surface area (Å²) in [4.78, 5) is 12.8. The van der Waals surface area contributed by atoms with Crippen molar-refractivity contribution in [3.63, 3.8) is 0 Å². The number of hydrogen-bond acceptors (Lipinski definition) is 7. The van der Waals surface area contributed by atoms with Gasteiger partial charge in [-0.15, -0.1) is 0 Å². The van der Waals surface area contributed by atoms with Crippen LogP contribution in [0.15, 0.2) is 76.5 Å². The molecule has 3 aromatic carbocycles. The van der Waals surface area contributed by atoms with Gasteiger partial charge in [-0.2, -0.15) is 17.9 Å². The van der Waals surface area contributed by atoms with E-state index < -0.39 is 68.0 Å². The summed E-state index contributed by atoms with van der Waals surface area (Å²) in [5.41, 5.74) is -3.32. The van der Waals surface area contributed by atoms with E-state index in [4.69, 9.17) is 16.3 Å². The molecule has 0 heterocycles. The Labute approximate surface area is 265 Å². The lowest BCUT2D eigenvalue weighted by Crippen LogP contribution is -2.51. The fraction of sp³-hybridized carbons (Fsp3) is 0.387. The topological polar surface area (TPSA) is 127 Å². The van der Waals surface area contributed by atoms with E-state index in [0.717, 1.165) is 17.9 Å². The molecule has 0 amide bonds. The van der Waals surface area contributed by atoms with Crippen LogP contribution in [0.2, 0.25) is 5.02 Å². The second kappa shape index (κ2) is 12.3. The highest BCUT2D eigenvalue weighted by Crippen LogP contribution is 2.45. The number of ether oxygens (including phenoxy) is 1. The molecule has 0 saturated carbocycles. The third-order valence-electron chi connectivity index (χ3n) is 7.85. The number of rotatable bonds is 10. The highest BCUT2D eigenvalue weighted by molar-refractivity contribution is 7.90. The number of sulfone groups is 1. The zero-order chi connectivity index (χ0) is 33.6. The smallest absolute Gasteiger partial charge is 0.417 e. The predicted octanol–water partition coefficient (Wildman–Crippen LogP) is 5.59. The van der Waals surface area contributed by atoms with Crippen molar-refractivity contribution in [2.75, 3.05) is 6.26 Å². The molecule has 4 rings (SSSR count). The number of halogens is 4. The van der Waals surface area contributed by atoms with E-state index >= 15 is 0 Å². The van der Waals surface area contributed by atoms with Gasteiger partial charge in [0.15, 0.2) is 15.4 Å². The molecular formula is C31H33ClF3NO7S2. The number of carbonyl (C=O) groups is 1. The molecule has 45 heavy (non-hydrogen) atoms. The molecule has 8 nitrogen and oxygen atoms in total. The minimum absolute atomic E-state index is 0.0153. The largest absolute Gasteiger partial charge is 0.460 e. The monoisotopic (exact) mass is 687 g/mol. The van der Waals surface area contributed by atoms with E-state index in [9.17, 15) is 39.9 Å². The minimum Gasteiger partial charge on any atom is -0.460 e. The summed E-state index contributed by atoms with van der Waals surface area (Å²) in [6.07, 6.45) is -8.26. The maximum Gasteiger partial charge on any atom is 0.417 e. The molecule has 3 unspecified atom stereocenters. The summed E-state index contributed by atoms with van der Waals surface area (Å²) in [6.45, 7) is 4.42. The van der Waals surface area contributed by atoms with Crippen molar-refractivity contribution in [3.8, 4) is 0 Å². The van der Waals surface area contributed by atoms with Crippen molar-refractivity contribution in [3.05, 3.63) is 94.0 Å². The third-order valence-corrected chi connectivity index (χ3v) is 10.7. The molecular weight excluding hydrogens is 655 g/mol. The quantitative estimate of drug-likeness (QED) is 0.266. The maximum atomic E-state index is 14.5. The second-order valence-electron chi connectivity index (χ2n) is 12.0. The SMILES string of the molecule is Cc1ccc(S(=O)(=O)NC2c3ccccc3CC2OC(=O)CC(O)(CC(C)(C)c2ccc(Cl)cc2S(C)(=O)=O)C(F)(F)F)cc1.